The maximum atomic E-state index is 12.2. The Morgan fingerprint density at radius 2 is 1.89 bits per heavy atom. The van der Waals surface area contributed by atoms with Gasteiger partial charge in [-0.1, -0.05) is 30.7 Å². The number of carbonyl (C=O) groups is 1. The number of rotatable bonds is 6. The zero-order chi connectivity index (χ0) is 19.2. The largest absolute Gasteiger partial charge is 0.482 e. The van der Waals surface area contributed by atoms with E-state index >= 15 is 0 Å². The van der Waals surface area contributed by atoms with Gasteiger partial charge in [0.1, 0.15) is 5.75 Å². The Kier molecular flexibility index (Phi) is 6.58. The topological polar surface area (TPSA) is 44.8 Å². The van der Waals surface area contributed by atoms with Crippen molar-refractivity contribution in [3.05, 3.63) is 53.1 Å². The van der Waals surface area contributed by atoms with Gasteiger partial charge in [-0.3, -0.25) is 4.79 Å². The first-order valence-corrected chi connectivity index (χ1v) is 9.69. The highest BCUT2D eigenvalue weighted by Gasteiger charge is 2.17. The third-order valence-corrected chi connectivity index (χ3v) is 5.15. The maximum absolute atomic E-state index is 12.2. The highest BCUT2D eigenvalue weighted by atomic mass is 35.5. The van der Waals surface area contributed by atoms with Crippen LogP contribution < -0.4 is 15.0 Å². The Labute approximate surface area is 165 Å². The van der Waals surface area contributed by atoms with Crippen molar-refractivity contribution >= 4 is 28.9 Å². The van der Waals surface area contributed by atoms with E-state index in [0.29, 0.717) is 10.8 Å². The molecule has 5 nitrogen and oxygen atoms in total. The van der Waals surface area contributed by atoms with Crippen LogP contribution in [0.1, 0.15) is 12.5 Å². The molecule has 0 radical (unpaired) electrons. The molecule has 1 heterocycles. The molecule has 0 atom stereocenters. The number of piperazine rings is 1. The quantitative estimate of drug-likeness (QED) is 0.818. The summed E-state index contributed by atoms with van der Waals surface area (Å²) in [5, 5.41) is 3.38. The van der Waals surface area contributed by atoms with Gasteiger partial charge in [0.25, 0.3) is 5.91 Å². The predicted octanol–water partition coefficient (Wildman–Crippen LogP) is 3.81. The van der Waals surface area contributed by atoms with Crippen molar-refractivity contribution in [3.63, 3.8) is 0 Å². The number of ether oxygens (including phenoxy) is 1. The molecule has 0 saturated carbocycles. The van der Waals surface area contributed by atoms with Gasteiger partial charge in [-0.15, -0.1) is 0 Å². The fourth-order valence-electron chi connectivity index (χ4n) is 3.30. The lowest BCUT2D eigenvalue weighted by atomic mass is 10.1. The molecule has 0 spiro atoms. The Morgan fingerprint density at radius 3 is 2.56 bits per heavy atom. The zero-order valence-corrected chi connectivity index (χ0v) is 16.6. The van der Waals surface area contributed by atoms with Crippen molar-refractivity contribution in [2.24, 2.45) is 0 Å². The second-order valence-electron chi connectivity index (χ2n) is 6.69. The molecule has 2 aromatic carbocycles. The standard InChI is InChI=1S/C21H26ClN3O2/c1-3-24-10-12-25(13-11-24)19-9-8-17(14-16(19)2)23-21(26)15-27-20-7-5-4-6-18(20)22/h4-9,14H,3,10-13,15H2,1-2H3,(H,23,26). The molecule has 3 rings (SSSR count). The maximum Gasteiger partial charge on any atom is 0.262 e. The summed E-state index contributed by atoms with van der Waals surface area (Å²) in [5.41, 5.74) is 3.16. The smallest absolute Gasteiger partial charge is 0.262 e. The van der Waals surface area contributed by atoms with E-state index in [1.165, 1.54) is 5.69 Å². The molecule has 0 bridgehead atoms. The Morgan fingerprint density at radius 1 is 1.15 bits per heavy atom. The van der Waals surface area contributed by atoms with E-state index in [4.69, 9.17) is 16.3 Å². The molecule has 0 aliphatic carbocycles. The van der Waals surface area contributed by atoms with E-state index in [2.05, 4.69) is 35.0 Å². The van der Waals surface area contributed by atoms with Crippen LogP contribution >= 0.6 is 11.6 Å². The SMILES string of the molecule is CCN1CCN(c2ccc(NC(=O)COc3ccccc3Cl)cc2C)CC1. The highest BCUT2D eigenvalue weighted by molar-refractivity contribution is 6.32. The summed E-state index contributed by atoms with van der Waals surface area (Å²) in [5.74, 6) is 0.297. The average molecular weight is 388 g/mol. The third kappa shape index (κ3) is 5.15. The van der Waals surface area contributed by atoms with Gasteiger partial charge in [-0.2, -0.15) is 0 Å². The minimum Gasteiger partial charge on any atom is -0.482 e. The molecule has 0 unspecified atom stereocenters. The van der Waals surface area contributed by atoms with Crippen molar-refractivity contribution in [2.45, 2.75) is 13.8 Å². The van der Waals surface area contributed by atoms with E-state index in [-0.39, 0.29) is 12.5 Å². The third-order valence-electron chi connectivity index (χ3n) is 4.84. The average Bonchev–Trinajstić information content (AvgIpc) is 2.68. The van der Waals surface area contributed by atoms with Gasteiger partial charge in [0, 0.05) is 37.6 Å². The van der Waals surface area contributed by atoms with Gasteiger partial charge >= 0.3 is 0 Å². The normalized spacial score (nSPS) is 14.9. The van der Waals surface area contributed by atoms with Crippen molar-refractivity contribution in [3.8, 4) is 5.75 Å². The van der Waals surface area contributed by atoms with Crippen LogP contribution in [0.5, 0.6) is 5.75 Å². The lowest BCUT2D eigenvalue weighted by Crippen LogP contribution is -2.46. The van der Waals surface area contributed by atoms with Gasteiger partial charge in [-0.25, -0.2) is 0 Å². The Balaban J connectivity index is 1.56. The van der Waals surface area contributed by atoms with Crippen LogP contribution in [0.15, 0.2) is 42.5 Å². The number of benzene rings is 2. The van der Waals surface area contributed by atoms with Crippen molar-refractivity contribution in [1.82, 2.24) is 4.90 Å². The molecule has 1 N–H and O–H groups in total. The van der Waals surface area contributed by atoms with Crippen LogP contribution in [0.3, 0.4) is 0 Å². The van der Waals surface area contributed by atoms with Gasteiger partial charge < -0.3 is 19.9 Å². The fourth-order valence-corrected chi connectivity index (χ4v) is 3.49. The summed E-state index contributed by atoms with van der Waals surface area (Å²) in [6.07, 6.45) is 0. The molecule has 1 amide bonds. The van der Waals surface area contributed by atoms with Crippen molar-refractivity contribution in [1.29, 1.82) is 0 Å². The number of aryl methyl sites for hydroxylation is 1. The molecule has 2 aromatic rings. The monoisotopic (exact) mass is 387 g/mol. The van der Waals surface area contributed by atoms with Crippen molar-refractivity contribution in [2.75, 3.05) is 49.5 Å². The second kappa shape index (κ2) is 9.11. The van der Waals surface area contributed by atoms with Gasteiger partial charge in [-0.05, 0) is 49.4 Å². The van der Waals surface area contributed by atoms with E-state index in [1.54, 1.807) is 12.1 Å². The molecule has 1 aliphatic rings. The summed E-state index contributed by atoms with van der Waals surface area (Å²) >= 11 is 6.03. The van der Waals surface area contributed by atoms with Crippen LogP contribution in [0.4, 0.5) is 11.4 Å². The van der Waals surface area contributed by atoms with Gasteiger partial charge in [0.2, 0.25) is 0 Å². The summed E-state index contributed by atoms with van der Waals surface area (Å²) in [4.78, 5) is 17.0. The van der Waals surface area contributed by atoms with E-state index in [0.717, 1.165) is 44.0 Å². The van der Waals surface area contributed by atoms with E-state index < -0.39 is 0 Å². The zero-order valence-electron chi connectivity index (χ0n) is 15.9. The Hall–Kier alpha value is -2.24. The molecule has 1 saturated heterocycles. The molecular weight excluding hydrogens is 362 g/mol. The predicted molar refractivity (Wildman–Crippen MR) is 111 cm³/mol. The van der Waals surface area contributed by atoms with Crippen molar-refractivity contribution < 1.29 is 9.53 Å². The summed E-state index contributed by atoms with van der Waals surface area (Å²) in [7, 11) is 0. The van der Waals surface area contributed by atoms with Crippen LogP contribution in [0, 0.1) is 6.92 Å². The van der Waals surface area contributed by atoms with Crippen LogP contribution in [0.2, 0.25) is 5.02 Å². The van der Waals surface area contributed by atoms with Gasteiger partial charge in [0.05, 0.1) is 5.02 Å². The van der Waals surface area contributed by atoms with E-state index in [1.807, 2.05) is 24.3 Å². The number of anilines is 2. The number of hydrogen-bond donors (Lipinski definition) is 1. The molecule has 0 aromatic heterocycles. The number of hydrogen-bond acceptors (Lipinski definition) is 4. The first kappa shape index (κ1) is 19.5. The first-order chi connectivity index (χ1) is 13.1. The van der Waals surface area contributed by atoms with Gasteiger partial charge in [0.15, 0.2) is 6.61 Å². The highest BCUT2D eigenvalue weighted by Crippen LogP contribution is 2.25. The number of halogens is 1. The summed E-state index contributed by atoms with van der Waals surface area (Å²) < 4.78 is 5.48. The minimum atomic E-state index is -0.210. The molecule has 6 heteroatoms. The number of para-hydroxylation sites is 1. The summed E-state index contributed by atoms with van der Waals surface area (Å²) in [6, 6.07) is 13.2. The minimum absolute atomic E-state index is 0.0799. The Bertz CT molecular complexity index is 789. The molecular formula is C21H26ClN3O2. The molecule has 1 aliphatic heterocycles. The second-order valence-corrected chi connectivity index (χ2v) is 7.10. The first-order valence-electron chi connectivity index (χ1n) is 9.32. The van der Waals surface area contributed by atoms with Crippen LogP contribution in [0.25, 0.3) is 0 Å². The molecule has 1 fully saturated rings. The molecule has 27 heavy (non-hydrogen) atoms. The molecule has 144 valence electrons. The lowest BCUT2D eigenvalue weighted by molar-refractivity contribution is -0.118. The van der Waals surface area contributed by atoms with Crippen LogP contribution in [-0.2, 0) is 4.79 Å². The number of amides is 1. The van der Waals surface area contributed by atoms with Crippen LogP contribution in [-0.4, -0.2) is 50.1 Å². The lowest BCUT2D eigenvalue weighted by Gasteiger charge is -2.36. The number of carbonyl (C=O) groups excluding carboxylic acids is 1. The van der Waals surface area contributed by atoms with E-state index in [9.17, 15) is 4.79 Å². The number of nitrogens with one attached hydrogen (secondary N) is 1. The number of nitrogens with zero attached hydrogens (tertiary/aromatic N) is 2. The number of likely N-dealkylation sites (N-methyl/N-ethyl adjacent to an activating group) is 1. The summed E-state index contributed by atoms with van der Waals surface area (Å²) in [6.45, 7) is 9.56. The fraction of sp³-hybridized carbons (Fsp3) is 0.381.